The molecule has 0 bridgehead atoms. The number of benzene rings is 3. The lowest BCUT2D eigenvalue weighted by molar-refractivity contribution is -0.601. The minimum Gasteiger partial charge on any atom is -0.453 e. The highest BCUT2D eigenvalue weighted by atomic mass is 16.5. The van der Waals surface area contributed by atoms with Crippen LogP contribution in [-0.4, -0.2) is 93.1 Å². The number of aromatic amines is 2. The third-order valence-electron chi connectivity index (χ3n) is 11.5. The highest BCUT2D eigenvalue weighted by molar-refractivity contribution is 6.04. The van der Waals surface area contributed by atoms with E-state index in [4.69, 9.17) is 19.4 Å². The molecular weight excluding hydrogens is 737 g/mol. The molecule has 4 unspecified atom stereocenters. The third kappa shape index (κ3) is 8.06. The summed E-state index contributed by atoms with van der Waals surface area (Å²) in [5.74, 6) is 1.05. The van der Waals surface area contributed by atoms with Gasteiger partial charge in [-0.2, -0.15) is 4.79 Å². The van der Waals surface area contributed by atoms with Gasteiger partial charge in [-0.1, -0.05) is 88.4 Å². The lowest BCUT2D eigenvalue weighted by atomic mass is 9.93. The lowest BCUT2D eigenvalue weighted by Crippen LogP contribution is -2.96. The molecule has 2 aliphatic heterocycles. The summed E-state index contributed by atoms with van der Waals surface area (Å²) in [5.41, 5.74) is 5.85. The zero-order valence-corrected chi connectivity index (χ0v) is 34.0. The zero-order chi connectivity index (χ0) is 41.1. The number of primary amides is 1. The topological polar surface area (TPSA) is 179 Å². The van der Waals surface area contributed by atoms with E-state index in [9.17, 15) is 19.2 Å². The van der Waals surface area contributed by atoms with Crippen molar-refractivity contribution in [1.82, 2.24) is 35.1 Å². The van der Waals surface area contributed by atoms with Crippen molar-refractivity contribution in [2.45, 2.75) is 77.5 Å². The number of nitrogens with zero attached hydrogens (tertiary/aromatic N) is 4. The summed E-state index contributed by atoms with van der Waals surface area (Å²) in [6.45, 7) is 8.87. The number of likely N-dealkylation sites (tertiary alicyclic amines) is 2. The molecule has 2 saturated heterocycles. The minimum absolute atomic E-state index is 0.0559. The summed E-state index contributed by atoms with van der Waals surface area (Å²) in [7, 11) is 2.61. The number of amides is 4. The quantitative estimate of drug-likeness (QED) is 0.120. The fourth-order valence-electron chi connectivity index (χ4n) is 8.37. The van der Waals surface area contributed by atoms with Crippen molar-refractivity contribution in [3.63, 3.8) is 0 Å². The number of nitrogens with one attached hydrogen (secondary N) is 3. The zero-order valence-electron chi connectivity index (χ0n) is 34.0. The number of quaternary nitrogens is 1. The van der Waals surface area contributed by atoms with Gasteiger partial charge in [-0.05, 0) is 59.1 Å². The molecule has 0 aliphatic carbocycles. The fraction of sp³-hybridized carbons (Fsp3) is 0.409. The van der Waals surface area contributed by atoms with Gasteiger partial charge in [0, 0.05) is 24.6 Å². The molecule has 5 aromatic rings. The van der Waals surface area contributed by atoms with Crippen molar-refractivity contribution in [3.05, 3.63) is 84.7 Å². The molecule has 4 atom stereocenters. The smallest absolute Gasteiger partial charge is 0.453 e. The number of H-pyrrole nitrogens is 2. The number of alkyl carbamates (subject to hydrolysis) is 1. The summed E-state index contributed by atoms with van der Waals surface area (Å²) < 4.78 is 9.61. The van der Waals surface area contributed by atoms with Crippen LogP contribution in [0.1, 0.15) is 77.1 Å². The first kappa shape index (κ1) is 40.2. The molecular formula is C44H53N8O6+. The monoisotopic (exact) mass is 789 g/mol. The van der Waals surface area contributed by atoms with Crippen LogP contribution < -0.4 is 10.6 Å². The Hall–Kier alpha value is -6.02. The number of ether oxygens (including phenoxy) is 2. The number of rotatable bonds is 11. The number of hydrogen-bond donors (Lipinski definition) is 4. The third-order valence-corrected chi connectivity index (χ3v) is 11.5. The first-order valence-corrected chi connectivity index (χ1v) is 20.1. The number of methoxy groups -OCH3 is 2. The summed E-state index contributed by atoms with van der Waals surface area (Å²) in [4.78, 5) is 71.6. The molecule has 0 radical (unpaired) electrons. The average Bonchev–Trinajstić information content (AvgIpc) is 4.08. The first-order chi connectivity index (χ1) is 28.0. The molecule has 14 nitrogen and oxygen atoms in total. The number of carbonyl (C=O) groups is 4. The molecule has 3 aromatic carbocycles. The molecule has 14 heteroatoms. The molecule has 7 rings (SSSR count). The molecule has 2 aliphatic rings. The van der Waals surface area contributed by atoms with Gasteiger partial charge < -0.3 is 34.6 Å². The van der Waals surface area contributed by atoms with Gasteiger partial charge in [-0.25, -0.2) is 20.1 Å². The van der Waals surface area contributed by atoms with Gasteiger partial charge >= 0.3 is 12.2 Å². The van der Waals surface area contributed by atoms with E-state index in [-0.39, 0.29) is 35.7 Å². The standard InChI is InChI=1S/C44H52N8O6/c1-25(2)37(49-43(55)57-5)41(53)51-21-9-13-35(51)39-45-23-33(47-39)28-17-15-27(16-18-28)29-19-20-32(31-12-8-7-11-30(29)31)34-24-46-40(48-34)36-14-10-22-52(36)42(54)38(26(3)4)50-44(56)58-6/h7-8,11-12,15-20,23-26,35-38H,9-10,13-14,21-22H2,1-6H3,(H,45,47)(H,46,48)(H,49,55)(H,50,56)/p+1. The lowest BCUT2D eigenvalue weighted by Gasteiger charge is -2.30. The van der Waals surface area contributed by atoms with Crippen molar-refractivity contribution >= 4 is 34.8 Å². The van der Waals surface area contributed by atoms with Gasteiger partial charge in [0.05, 0.1) is 50.1 Å². The molecule has 304 valence electrons. The van der Waals surface area contributed by atoms with Crippen LogP contribution in [0.5, 0.6) is 0 Å². The second-order valence-electron chi connectivity index (χ2n) is 15.8. The van der Waals surface area contributed by atoms with Crippen LogP contribution in [0.4, 0.5) is 9.59 Å². The predicted molar refractivity (Wildman–Crippen MR) is 219 cm³/mol. The number of nitrogens with two attached hydrogens (primary N) is 1. The van der Waals surface area contributed by atoms with Gasteiger partial charge in [0.25, 0.3) is 5.91 Å². The Bertz CT molecular complexity index is 2280. The molecule has 4 amide bonds. The second-order valence-corrected chi connectivity index (χ2v) is 15.8. The van der Waals surface area contributed by atoms with Crippen molar-refractivity contribution in [1.29, 1.82) is 0 Å². The van der Waals surface area contributed by atoms with Gasteiger partial charge in [0.2, 0.25) is 5.91 Å². The van der Waals surface area contributed by atoms with E-state index in [0.29, 0.717) is 13.1 Å². The maximum atomic E-state index is 13.7. The number of hydrogen-bond acceptors (Lipinski definition) is 8. The van der Waals surface area contributed by atoms with Crippen molar-refractivity contribution in [3.8, 4) is 33.6 Å². The van der Waals surface area contributed by atoms with E-state index in [1.165, 1.54) is 19.5 Å². The largest absolute Gasteiger partial charge is 0.513 e. The van der Waals surface area contributed by atoms with Crippen molar-refractivity contribution < 1.29 is 34.0 Å². The normalized spacial score (nSPS) is 17.9. The fourth-order valence-corrected chi connectivity index (χ4v) is 8.37. The van der Waals surface area contributed by atoms with E-state index in [1.807, 2.05) is 62.0 Å². The summed E-state index contributed by atoms with van der Waals surface area (Å²) >= 11 is 0. The van der Waals surface area contributed by atoms with E-state index in [2.05, 4.69) is 63.8 Å². The Morgan fingerprint density at radius 2 is 1.26 bits per heavy atom. The van der Waals surface area contributed by atoms with Gasteiger partial charge in [0.15, 0.2) is 6.04 Å². The number of imidazole rings is 2. The van der Waals surface area contributed by atoms with E-state index in [1.54, 1.807) is 0 Å². The van der Waals surface area contributed by atoms with Gasteiger partial charge in [-0.3, -0.25) is 9.59 Å². The predicted octanol–water partition coefficient (Wildman–Crippen LogP) is 6.35. The van der Waals surface area contributed by atoms with Crippen LogP contribution in [0.25, 0.3) is 44.4 Å². The molecule has 4 heterocycles. The maximum absolute atomic E-state index is 13.7. The second kappa shape index (κ2) is 17.2. The number of fused-ring (bicyclic) bond motifs is 1. The molecule has 2 aromatic heterocycles. The minimum atomic E-state index is -0.701. The Kier molecular flexibility index (Phi) is 11.9. The molecule has 58 heavy (non-hydrogen) atoms. The number of aromatic nitrogens is 4. The SMILES string of the molecule is COC(=O)NC(C(=O)N1CCCC1c1ncc(-c2ccc(-c3ccc(-c4cnc(C5CCCN5C(=O)C([NH2+]C(=O)OC)C(C)C)[nH]4)cc3)c3ccccc23)[nH]1)C(C)C. The summed E-state index contributed by atoms with van der Waals surface area (Å²) in [5, 5.41) is 6.26. The van der Waals surface area contributed by atoms with Crippen molar-refractivity contribution in [2.75, 3.05) is 27.3 Å². The van der Waals surface area contributed by atoms with Crippen molar-refractivity contribution in [2.24, 2.45) is 11.8 Å². The van der Waals surface area contributed by atoms with Gasteiger partial charge in [-0.15, -0.1) is 0 Å². The molecule has 5 N–H and O–H groups in total. The average molecular weight is 790 g/mol. The van der Waals surface area contributed by atoms with Gasteiger partial charge in [0.1, 0.15) is 17.7 Å². The Morgan fingerprint density at radius 3 is 1.84 bits per heavy atom. The van der Waals surface area contributed by atoms with E-state index >= 15 is 0 Å². The molecule has 0 saturated carbocycles. The first-order valence-electron chi connectivity index (χ1n) is 20.1. The highest BCUT2D eigenvalue weighted by Crippen LogP contribution is 2.38. The highest BCUT2D eigenvalue weighted by Gasteiger charge is 2.40. The van der Waals surface area contributed by atoms with Crippen LogP contribution in [0, 0.1) is 11.8 Å². The maximum Gasteiger partial charge on any atom is 0.513 e. The summed E-state index contributed by atoms with van der Waals surface area (Å²) in [6, 6.07) is 19.2. The van der Waals surface area contributed by atoms with Crippen LogP contribution in [-0.2, 0) is 19.1 Å². The van der Waals surface area contributed by atoms with Crippen LogP contribution in [0.15, 0.2) is 73.1 Å². The summed E-state index contributed by atoms with van der Waals surface area (Å²) in [6.07, 6.45) is 5.78. The molecule has 2 fully saturated rings. The number of carbonyl (C=O) groups excluding carboxylic acids is 4. The Labute approximate surface area is 338 Å². The van der Waals surface area contributed by atoms with E-state index < -0.39 is 24.3 Å². The molecule has 0 spiro atoms. The van der Waals surface area contributed by atoms with Crippen LogP contribution in [0.3, 0.4) is 0 Å². The van der Waals surface area contributed by atoms with Crippen LogP contribution in [0.2, 0.25) is 0 Å². The van der Waals surface area contributed by atoms with E-state index in [0.717, 1.165) is 81.7 Å². The van der Waals surface area contributed by atoms with Crippen LogP contribution >= 0.6 is 0 Å². The Balaban J connectivity index is 1.09. The Morgan fingerprint density at radius 1 is 0.707 bits per heavy atom.